The molecule has 3 nitrogen and oxygen atoms in total. The number of nitrogens with one attached hydrogen (secondary N) is 1. The molecular weight excluding hydrogens is 188 g/mol. The van der Waals surface area contributed by atoms with Crippen molar-refractivity contribution < 1.29 is 4.79 Å². The largest absolute Gasteiger partial charge is 0.349 e. The predicted molar refractivity (Wildman–Crippen MR) is 64.9 cm³/mol. The molecule has 0 atom stereocenters. The molecule has 0 saturated heterocycles. The van der Waals surface area contributed by atoms with E-state index >= 15 is 0 Å². The van der Waals surface area contributed by atoms with Gasteiger partial charge in [0.25, 0.3) is 0 Å². The maximum atomic E-state index is 11.3. The molecule has 0 fully saturated rings. The van der Waals surface area contributed by atoms with Crippen LogP contribution in [0.4, 0.5) is 0 Å². The molecule has 1 N–H and O–H groups in total. The number of nitrogens with zero attached hydrogens (tertiary/aromatic N) is 1. The smallest absolute Gasteiger partial charge is 0.222 e. The zero-order valence-electron chi connectivity index (χ0n) is 10.9. The van der Waals surface area contributed by atoms with Gasteiger partial charge in [0.1, 0.15) is 0 Å². The summed E-state index contributed by atoms with van der Waals surface area (Å²) in [4.78, 5) is 12.9. The van der Waals surface area contributed by atoms with Gasteiger partial charge >= 0.3 is 0 Å². The summed E-state index contributed by atoms with van der Waals surface area (Å²) in [6.07, 6.45) is 2.75. The minimum absolute atomic E-state index is 0.214. The van der Waals surface area contributed by atoms with Gasteiger partial charge in [-0.3, -0.25) is 4.79 Å². The predicted octanol–water partition coefficient (Wildman–Crippen LogP) is 1.88. The Morgan fingerprint density at radius 2 is 1.93 bits per heavy atom. The van der Waals surface area contributed by atoms with Crippen molar-refractivity contribution >= 4 is 5.91 Å². The third-order valence-corrected chi connectivity index (χ3v) is 2.80. The molecule has 3 heteroatoms. The highest BCUT2D eigenvalue weighted by Crippen LogP contribution is 2.17. The maximum Gasteiger partial charge on any atom is 0.222 e. The fourth-order valence-corrected chi connectivity index (χ4v) is 1.14. The van der Waals surface area contributed by atoms with Gasteiger partial charge in [-0.25, -0.2) is 0 Å². The highest BCUT2D eigenvalue weighted by Gasteiger charge is 2.13. The number of hydrogen-bond donors (Lipinski definition) is 1. The molecule has 0 aliphatic heterocycles. The van der Waals surface area contributed by atoms with E-state index in [1.54, 1.807) is 19.0 Å². The normalized spacial score (nSPS) is 11.5. The van der Waals surface area contributed by atoms with E-state index in [2.05, 4.69) is 26.1 Å². The summed E-state index contributed by atoms with van der Waals surface area (Å²) in [7, 11) is 3.60. The Bertz CT molecular complexity index is 188. The van der Waals surface area contributed by atoms with Gasteiger partial charge in [0, 0.05) is 27.1 Å². The first-order valence-corrected chi connectivity index (χ1v) is 5.80. The quantitative estimate of drug-likeness (QED) is 0.656. The average Bonchev–Trinajstić information content (AvgIpc) is 2.16. The Kier molecular flexibility index (Phi) is 6.57. The summed E-state index contributed by atoms with van der Waals surface area (Å²) in [5.41, 5.74) is 0.367. The zero-order chi connectivity index (χ0) is 11.9. The minimum Gasteiger partial charge on any atom is -0.349 e. The fourth-order valence-electron chi connectivity index (χ4n) is 1.14. The summed E-state index contributed by atoms with van der Waals surface area (Å²) in [6.45, 7) is 8.68. The Morgan fingerprint density at radius 1 is 1.33 bits per heavy atom. The van der Waals surface area contributed by atoms with E-state index in [4.69, 9.17) is 0 Å². The van der Waals surface area contributed by atoms with Crippen LogP contribution in [0.5, 0.6) is 0 Å². The number of amides is 1. The van der Waals surface area contributed by atoms with Gasteiger partial charge in [0.15, 0.2) is 0 Å². The Hall–Kier alpha value is -0.570. The van der Waals surface area contributed by atoms with Crippen LogP contribution in [0.15, 0.2) is 0 Å². The van der Waals surface area contributed by atoms with E-state index in [1.165, 1.54) is 6.42 Å². The van der Waals surface area contributed by atoms with Gasteiger partial charge in [0.05, 0.1) is 0 Å². The molecule has 0 saturated carbocycles. The van der Waals surface area contributed by atoms with Crippen LogP contribution in [0.3, 0.4) is 0 Å². The van der Waals surface area contributed by atoms with Gasteiger partial charge < -0.3 is 10.2 Å². The van der Waals surface area contributed by atoms with Crippen LogP contribution in [-0.4, -0.2) is 38.0 Å². The summed E-state index contributed by atoms with van der Waals surface area (Å²) < 4.78 is 0. The Labute approximate surface area is 94.2 Å². The lowest BCUT2D eigenvalue weighted by Gasteiger charge is -2.22. The third kappa shape index (κ3) is 7.37. The summed E-state index contributed by atoms with van der Waals surface area (Å²) in [5.74, 6) is 0.214. The summed E-state index contributed by atoms with van der Waals surface area (Å²) >= 11 is 0. The molecule has 15 heavy (non-hydrogen) atoms. The number of carbonyl (C=O) groups is 1. The molecule has 0 aliphatic rings. The topological polar surface area (TPSA) is 32.3 Å². The fraction of sp³-hybridized carbons (Fsp3) is 0.917. The average molecular weight is 214 g/mol. The molecule has 0 bridgehead atoms. The monoisotopic (exact) mass is 214 g/mol. The van der Waals surface area contributed by atoms with Crippen molar-refractivity contribution in [3.8, 4) is 0 Å². The van der Waals surface area contributed by atoms with Crippen molar-refractivity contribution in [1.82, 2.24) is 10.2 Å². The highest BCUT2D eigenvalue weighted by molar-refractivity contribution is 5.75. The van der Waals surface area contributed by atoms with E-state index in [0.717, 1.165) is 19.5 Å². The molecule has 0 spiro atoms. The van der Waals surface area contributed by atoms with Crippen LogP contribution in [0.1, 0.15) is 40.0 Å². The van der Waals surface area contributed by atoms with Crippen LogP contribution in [0.2, 0.25) is 0 Å². The first-order chi connectivity index (χ1) is 6.89. The van der Waals surface area contributed by atoms with E-state index in [1.807, 2.05) is 0 Å². The molecule has 0 heterocycles. The van der Waals surface area contributed by atoms with Crippen LogP contribution < -0.4 is 5.32 Å². The maximum absolute atomic E-state index is 11.3. The standard InChI is InChI=1S/C12H26N2O/c1-6-12(2,3)10-13-9-7-8-11(15)14(4)5/h13H,6-10H2,1-5H3. The first kappa shape index (κ1) is 14.4. The second-order valence-corrected chi connectivity index (χ2v) is 5.09. The minimum atomic E-state index is 0.214. The van der Waals surface area contributed by atoms with Gasteiger partial charge in [0.2, 0.25) is 5.91 Å². The van der Waals surface area contributed by atoms with E-state index in [9.17, 15) is 4.79 Å². The Morgan fingerprint density at radius 3 is 2.40 bits per heavy atom. The van der Waals surface area contributed by atoms with Crippen molar-refractivity contribution in [1.29, 1.82) is 0 Å². The Balaban J connectivity index is 3.44. The lowest BCUT2D eigenvalue weighted by atomic mass is 9.90. The molecule has 0 aromatic carbocycles. The third-order valence-electron chi connectivity index (χ3n) is 2.80. The lowest BCUT2D eigenvalue weighted by Crippen LogP contribution is -2.30. The molecule has 0 aromatic rings. The van der Waals surface area contributed by atoms with E-state index in [0.29, 0.717) is 11.8 Å². The van der Waals surface area contributed by atoms with Crippen molar-refractivity contribution in [2.24, 2.45) is 5.41 Å². The molecule has 0 aromatic heterocycles. The van der Waals surface area contributed by atoms with E-state index in [-0.39, 0.29) is 5.91 Å². The molecular formula is C12H26N2O. The lowest BCUT2D eigenvalue weighted by molar-refractivity contribution is -0.128. The molecule has 0 aliphatic carbocycles. The number of rotatable bonds is 7. The molecule has 0 radical (unpaired) electrons. The van der Waals surface area contributed by atoms with Gasteiger partial charge in [-0.15, -0.1) is 0 Å². The van der Waals surface area contributed by atoms with Crippen LogP contribution in [0, 0.1) is 5.41 Å². The number of carbonyl (C=O) groups excluding carboxylic acids is 1. The summed E-state index contributed by atoms with van der Waals surface area (Å²) in [6, 6.07) is 0. The zero-order valence-corrected chi connectivity index (χ0v) is 10.9. The van der Waals surface area contributed by atoms with Gasteiger partial charge in [-0.1, -0.05) is 20.8 Å². The second-order valence-electron chi connectivity index (χ2n) is 5.09. The summed E-state index contributed by atoms with van der Waals surface area (Å²) in [5, 5.41) is 3.40. The van der Waals surface area contributed by atoms with Crippen molar-refractivity contribution in [3.05, 3.63) is 0 Å². The van der Waals surface area contributed by atoms with Crippen LogP contribution in [0.25, 0.3) is 0 Å². The number of hydrogen-bond acceptors (Lipinski definition) is 2. The van der Waals surface area contributed by atoms with Crippen LogP contribution >= 0.6 is 0 Å². The van der Waals surface area contributed by atoms with E-state index < -0.39 is 0 Å². The highest BCUT2D eigenvalue weighted by atomic mass is 16.2. The van der Waals surface area contributed by atoms with Crippen molar-refractivity contribution in [3.63, 3.8) is 0 Å². The first-order valence-electron chi connectivity index (χ1n) is 5.80. The van der Waals surface area contributed by atoms with Gasteiger partial charge in [-0.05, 0) is 24.8 Å². The molecule has 1 amide bonds. The molecule has 0 unspecified atom stereocenters. The molecule has 90 valence electrons. The van der Waals surface area contributed by atoms with Crippen molar-refractivity contribution in [2.45, 2.75) is 40.0 Å². The van der Waals surface area contributed by atoms with Crippen molar-refractivity contribution in [2.75, 3.05) is 27.2 Å². The SMILES string of the molecule is CCC(C)(C)CNCCCC(=O)N(C)C. The van der Waals surface area contributed by atoms with Gasteiger partial charge in [-0.2, -0.15) is 0 Å². The second kappa shape index (κ2) is 6.83. The van der Waals surface area contributed by atoms with Crippen LogP contribution in [-0.2, 0) is 4.79 Å². The molecule has 0 rings (SSSR count).